The first kappa shape index (κ1) is 22.4. The van der Waals surface area contributed by atoms with Crippen molar-refractivity contribution in [2.45, 2.75) is 44.1 Å². The quantitative estimate of drug-likeness (QED) is 0.532. The number of hydrogen-bond acceptors (Lipinski definition) is 5. The lowest BCUT2D eigenvalue weighted by Gasteiger charge is -2.38. The van der Waals surface area contributed by atoms with Crippen molar-refractivity contribution < 1.29 is 15.0 Å². The molecule has 176 valence electrons. The number of carboxylic acids is 1. The summed E-state index contributed by atoms with van der Waals surface area (Å²) in [5, 5.41) is 19.0. The van der Waals surface area contributed by atoms with E-state index >= 15 is 0 Å². The van der Waals surface area contributed by atoms with E-state index < -0.39 is 5.97 Å². The lowest BCUT2D eigenvalue weighted by atomic mass is 9.79. The summed E-state index contributed by atoms with van der Waals surface area (Å²) in [7, 11) is 2.10. The van der Waals surface area contributed by atoms with E-state index in [4.69, 9.17) is 0 Å². The Morgan fingerprint density at radius 2 is 1.88 bits per heavy atom. The van der Waals surface area contributed by atoms with Gasteiger partial charge in [-0.15, -0.1) is 0 Å². The Morgan fingerprint density at radius 3 is 2.62 bits per heavy atom. The number of anilines is 3. The van der Waals surface area contributed by atoms with Crippen molar-refractivity contribution in [2.24, 2.45) is 0 Å². The van der Waals surface area contributed by atoms with Crippen LogP contribution in [0.2, 0.25) is 0 Å². The van der Waals surface area contributed by atoms with Gasteiger partial charge in [-0.25, -0.2) is 4.79 Å². The zero-order valence-corrected chi connectivity index (χ0v) is 19.5. The molecule has 1 saturated heterocycles. The SMILES string of the molecule is CN(c1ccc(N2CC(O)C2)cc1)c1ccc2c(c1)CCC[C@H]2CCc1cnccc1C(=O)O. The second kappa shape index (κ2) is 9.47. The van der Waals surface area contributed by atoms with Crippen molar-refractivity contribution in [3.8, 4) is 0 Å². The number of β-amino-alcohol motifs (C(OH)–C–C–N with tert-alkyl or cyclic N) is 1. The smallest absolute Gasteiger partial charge is 0.336 e. The molecule has 1 aromatic heterocycles. The first-order chi connectivity index (χ1) is 16.5. The molecule has 2 aliphatic rings. The third-order valence-electron chi connectivity index (χ3n) is 7.31. The first-order valence-corrected chi connectivity index (χ1v) is 12.1. The highest BCUT2D eigenvalue weighted by Gasteiger charge is 2.25. The summed E-state index contributed by atoms with van der Waals surface area (Å²) in [6.07, 6.45) is 8.06. The van der Waals surface area contributed by atoms with E-state index in [0.717, 1.165) is 49.0 Å². The fraction of sp³-hybridized carbons (Fsp3) is 0.357. The number of fused-ring (bicyclic) bond motifs is 1. The van der Waals surface area contributed by atoms with Gasteiger partial charge in [0.05, 0.1) is 11.7 Å². The summed E-state index contributed by atoms with van der Waals surface area (Å²) in [6, 6.07) is 16.9. The molecule has 1 aliphatic heterocycles. The van der Waals surface area contributed by atoms with E-state index in [1.165, 1.54) is 16.8 Å². The molecule has 1 aliphatic carbocycles. The summed E-state index contributed by atoms with van der Waals surface area (Å²) in [5.41, 5.74) is 7.43. The van der Waals surface area contributed by atoms with E-state index in [-0.39, 0.29) is 6.10 Å². The number of carbonyl (C=O) groups is 1. The molecule has 6 heteroatoms. The Bertz CT molecular complexity index is 1170. The summed E-state index contributed by atoms with van der Waals surface area (Å²) in [6.45, 7) is 1.42. The largest absolute Gasteiger partial charge is 0.478 e. The number of pyridine rings is 1. The minimum atomic E-state index is -0.885. The molecule has 0 radical (unpaired) electrons. The van der Waals surface area contributed by atoms with Gasteiger partial charge in [0.2, 0.25) is 0 Å². The normalized spacial score (nSPS) is 17.7. The van der Waals surface area contributed by atoms with E-state index in [1.807, 2.05) is 0 Å². The van der Waals surface area contributed by atoms with E-state index in [1.54, 1.807) is 18.5 Å². The van der Waals surface area contributed by atoms with Crippen LogP contribution in [0.25, 0.3) is 0 Å². The number of aryl methyl sites for hydroxylation is 2. The summed E-state index contributed by atoms with van der Waals surface area (Å²) < 4.78 is 0. The van der Waals surface area contributed by atoms with Gasteiger partial charge in [0.15, 0.2) is 0 Å². The van der Waals surface area contributed by atoms with Crippen LogP contribution in [0.4, 0.5) is 17.1 Å². The van der Waals surface area contributed by atoms with Crippen LogP contribution in [-0.4, -0.2) is 47.4 Å². The fourth-order valence-electron chi connectivity index (χ4n) is 5.28. The average Bonchev–Trinajstić information content (AvgIpc) is 2.85. The standard InChI is InChI=1S/C28H31N3O3/c1-30(22-7-9-23(10-8-22)31-17-25(32)18-31)24-11-12-26-19(3-2-4-20(26)15-24)5-6-21-16-29-14-13-27(21)28(33)34/h7-16,19,25,32H,2-6,17-18H2,1H3,(H,33,34)/t19-/m0/s1. The van der Waals surface area contributed by atoms with Crippen molar-refractivity contribution in [1.29, 1.82) is 0 Å². The highest BCUT2D eigenvalue weighted by Crippen LogP contribution is 2.38. The van der Waals surface area contributed by atoms with Gasteiger partial charge in [0.1, 0.15) is 0 Å². The van der Waals surface area contributed by atoms with Crippen LogP contribution in [0.1, 0.15) is 52.2 Å². The molecule has 0 saturated carbocycles. The van der Waals surface area contributed by atoms with Crippen LogP contribution in [0, 0.1) is 0 Å². The van der Waals surface area contributed by atoms with Crippen LogP contribution >= 0.6 is 0 Å². The summed E-state index contributed by atoms with van der Waals surface area (Å²) >= 11 is 0. The van der Waals surface area contributed by atoms with Crippen molar-refractivity contribution in [3.05, 3.63) is 83.2 Å². The lowest BCUT2D eigenvalue weighted by molar-refractivity contribution is 0.0695. The number of aliphatic hydroxyl groups is 1. The van der Waals surface area contributed by atoms with Gasteiger partial charge >= 0.3 is 5.97 Å². The number of rotatable bonds is 7. The number of benzene rings is 2. The van der Waals surface area contributed by atoms with Crippen LogP contribution in [0.5, 0.6) is 0 Å². The molecular weight excluding hydrogens is 426 g/mol. The number of hydrogen-bond donors (Lipinski definition) is 2. The average molecular weight is 458 g/mol. The maximum atomic E-state index is 11.5. The molecule has 0 unspecified atom stereocenters. The van der Waals surface area contributed by atoms with Crippen LogP contribution in [0.3, 0.4) is 0 Å². The second-order valence-electron chi connectivity index (χ2n) is 9.48. The van der Waals surface area contributed by atoms with Crippen LogP contribution in [0.15, 0.2) is 60.9 Å². The highest BCUT2D eigenvalue weighted by atomic mass is 16.4. The van der Waals surface area contributed by atoms with Crippen molar-refractivity contribution in [3.63, 3.8) is 0 Å². The molecule has 2 aromatic carbocycles. The number of aliphatic hydroxyl groups excluding tert-OH is 1. The Labute approximate surface area is 200 Å². The number of aromatic nitrogens is 1. The Balaban J connectivity index is 1.29. The molecule has 34 heavy (non-hydrogen) atoms. The topological polar surface area (TPSA) is 76.9 Å². The second-order valence-corrected chi connectivity index (χ2v) is 9.48. The molecule has 2 N–H and O–H groups in total. The molecule has 6 nitrogen and oxygen atoms in total. The number of nitrogens with zero attached hydrogens (tertiary/aromatic N) is 3. The minimum absolute atomic E-state index is 0.203. The van der Waals surface area contributed by atoms with Gasteiger partial charge in [0.25, 0.3) is 0 Å². The van der Waals surface area contributed by atoms with Gasteiger partial charge in [0, 0.05) is 49.6 Å². The van der Waals surface area contributed by atoms with E-state index in [0.29, 0.717) is 24.6 Å². The molecular formula is C28H31N3O3. The predicted molar refractivity (Wildman–Crippen MR) is 134 cm³/mol. The van der Waals surface area contributed by atoms with Gasteiger partial charge in [-0.1, -0.05) is 6.07 Å². The first-order valence-electron chi connectivity index (χ1n) is 12.1. The van der Waals surface area contributed by atoms with Crippen LogP contribution < -0.4 is 9.80 Å². The monoisotopic (exact) mass is 457 g/mol. The summed E-state index contributed by atoms with van der Waals surface area (Å²) in [4.78, 5) is 20.1. The number of aromatic carboxylic acids is 1. The van der Waals surface area contributed by atoms with Crippen molar-refractivity contribution >= 4 is 23.0 Å². The number of carboxylic acid groups (broad SMARTS) is 1. The Kier molecular flexibility index (Phi) is 6.24. The minimum Gasteiger partial charge on any atom is -0.478 e. The van der Waals surface area contributed by atoms with Gasteiger partial charge in [-0.3, -0.25) is 4.98 Å². The van der Waals surface area contributed by atoms with E-state index in [2.05, 4.69) is 64.3 Å². The molecule has 0 bridgehead atoms. The molecule has 2 heterocycles. The molecule has 0 amide bonds. The molecule has 1 atom stereocenters. The molecule has 5 rings (SSSR count). The summed E-state index contributed by atoms with van der Waals surface area (Å²) in [5.74, 6) is -0.444. The third kappa shape index (κ3) is 4.50. The predicted octanol–water partition coefficient (Wildman–Crippen LogP) is 4.78. The highest BCUT2D eigenvalue weighted by molar-refractivity contribution is 5.89. The van der Waals surface area contributed by atoms with Crippen molar-refractivity contribution in [2.75, 3.05) is 29.9 Å². The van der Waals surface area contributed by atoms with Gasteiger partial charge in [-0.05, 0) is 97.2 Å². The zero-order valence-electron chi connectivity index (χ0n) is 19.5. The Hall–Kier alpha value is -3.38. The molecule has 1 fully saturated rings. The molecule has 3 aromatic rings. The fourth-order valence-corrected chi connectivity index (χ4v) is 5.28. The van der Waals surface area contributed by atoms with E-state index in [9.17, 15) is 15.0 Å². The maximum absolute atomic E-state index is 11.5. The Morgan fingerprint density at radius 1 is 1.12 bits per heavy atom. The third-order valence-corrected chi connectivity index (χ3v) is 7.31. The molecule has 0 spiro atoms. The van der Waals surface area contributed by atoms with Crippen molar-refractivity contribution in [1.82, 2.24) is 4.98 Å². The maximum Gasteiger partial charge on any atom is 0.336 e. The van der Waals surface area contributed by atoms with Gasteiger partial charge < -0.3 is 20.0 Å². The van der Waals surface area contributed by atoms with Crippen LogP contribution in [-0.2, 0) is 12.8 Å². The zero-order chi connectivity index (χ0) is 23.7. The van der Waals surface area contributed by atoms with Gasteiger partial charge in [-0.2, -0.15) is 0 Å². The lowest BCUT2D eigenvalue weighted by Crippen LogP contribution is -2.50.